The Labute approximate surface area is 124 Å². The number of para-hydroxylation sites is 1. The molecule has 0 fully saturated rings. The van der Waals surface area contributed by atoms with Gasteiger partial charge >= 0.3 is 0 Å². The predicted octanol–water partition coefficient (Wildman–Crippen LogP) is 5.29. The Balaban J connectivity index is 2.01. The van der Waals surface area contributed by atoms with Crippen LogP contribution in [0.25, 0.3) is 0 Å². The molecule has 1 rings (SSSR count). The highest BCUT2D eigenvalue weighted by Gasteiger charge is 1.99. The third-order valence-corrected chi connectivity index (χ3v) is 3.73. The summed E-state index contributed by atoms with van der Waals surface area (Å²) in [6.07, 6.45) is 10.2. The van der Waals surface area contributed by atoms with Gasteiger partial charge in [0.1, 0.15) is 5.75 Å². The number of hydrogen-bond acceptors (Lipinski definition) is 2. The Bertz CT molecular complexity index is 325. The van der Waals surface area contributed by atoms with E-state index in [0.717, 1.165) is 24.5 Å². The molecule has 0 spiro atoms. The van der Waals surface area contributed by atoms with Crippen molar-refractivity contribution in [2.24, 2.45) is 0 Å². The number of ether oxygens (including phenoxy) is 1. The van der Waals surface area contributed by atoms with Crippen molar-refractivity contribution in [2.75, 3.05) is 12.4 Å². The van der Waals surface area contributed by atoms with Crippen LogP contribution in [0.15, 0.2) is 24.3 Å². The van der Waals surface area contributed by atoms with E-state index in [0.29, 0.717) is 0 Å². The Hall–Kier alpha value is -0.630. The summed E-state index contributed by atoms with van der Waals surface area (Å²) in [4.78, 5) is 0. The van der Waals surface area contributed by atoms with Crippen LogP contribution in [0.5, 0.6) is 5.75 Å². The van der Waals surface area contributed by atoms with E-state index >= 15 is 0 Å². The maximum atomic E-state index is 5.86. The SMILES string of the molecule is CCc1ccccc1OCCCCCCCCCS. The monoisotopic (exact) mass is 280 g/mol. The first-order chi connectivity index (χ1) is 9.38. The van der Waals surface area contributed by atoms with Crippen LogP contribution in [0.1, 0.15) is 57.4 Å². The van der Waals surface area contributed by atoms with E-state index in [2.05, 4.69) is 43.8 Å². The van der Waals surface area contributed by atoms with Crippen molar-refractivity contribution >= 4 is 12.6 Å². The van der Waals surface area contributed by atoms with Gasteiger partial charge in [-0.15, -0.1) is 0 Å². The highest BCUT2D eigenvalue weighted by atomic mass is 32.1. The Morgan fingerprint density at radius 3 is 2.21 bits per heavy atom. The molecule has 0 heterocycles. The highest BCUT2D eigenvalue weighted by molar-refractivity contribution is 7.80. The first kappa shape index (κ1) is 16.4. The summed E-state index contributed by atoms with van der Waals surface area (Å²) < 4.78 is 5.86. The number of benzene rings is 1. The van der Waals surface area contributed by atoms with Crippen LogP contribution in [0, 0.1) is 0 Å². The first-order valence-corrected chi connectivity index (χ1v) is 8.33. The van der Waals surface area contributed by atoms with Gasteiger partial charge in [0.25, 0.3) is 0 Å². The zero-order valence-corrected chi connectivity index (χ0v) is 13.1. The summed E-state index contributed by atoms with van der Waals surface area (Å²) in [6, 6.07) is 8.36. The zero-order valence-electron chi connectivity index (χ0n) is 12.2. The van der Waals surface area contributed by atoms with E-state index in [9.17, 15) is 0 Å². The van der Waals surface area contributed by atoms with Gasteiger partial charge in [-0.3, -0.25) is 0 Å². The number of aryl methyl sites for hydroxylation is 1. The third kappa shape index (κ3) is 7.51. The van der Waals surface area contributed by atoms with Gasteiger partial charge in [-0.25, -0.2) is 0 Å². The van der Waals surface area contributed by atoms with Crippen molar-refractivity contribution in [3.8, 4) is 5.75 Å². The third-order valence-electron chi connectivity index (χ3n) is 3.41. The van der Waals surface area contributed by atoms with Crippen LogP contribution in [0.2, 0.25) is 0 Å². The molecule has 0 radical (unpaired) electrons. The smallest absolute Gasteiger partial charge is 0.122 e. The maximum Gasteiger partial charge on any atom is 0.122 e. The Morgan fingerprint density at radius 2 is 1.53 bits per heavy atom. The summed E-state index contributed by atoms with van der Waals surface area (Å²) in [6.45, 7) is 3.03. The molecule has 0 N–H and O–H groups in total. The summed E-state index contributed by atoms with van der Waals surface area (Å²) in [5.41, 5.74) is 1.31. The number of thiol groups is 1. The van der Waals surface area contributed by atoms with Gasteiger partial charge in [0.15, 0.2) is 0 Å². The molecular formula is C17H28OS. The van der Waals surface area contributed by atoms with Crippen LogP contribution in [-0.4, -0.2) is 12.4 Å². The molecule has 0 aliphatic carbocycles. The second-order valence-corrected chi connectivity index (χ2v) is 5.46. The second-order valence-electron chi connectivity index (χ2n) is 5.01. The molecule has 0 aliphatic heterocycles. The van der Waals surface area contributed by atoms with Gasteiger partial charge in [0.05, 0.1) is 6.61 Å². The van der Waals surface area contributed by atoms with E-state index in [1.54, 1.807) is 0 Å². The fourth-order valence-corrected chi connectivity index (χ4v) is 2.44. The minimum Gasteiger partial charge on any atom is -0.493 e. The molecule has 2 heteroatoms. The van der Waals surface area contributed by atoms with E-state index < -0.39 is 0 Å². The lowest BCUT2D eigenvalue weighted by Gasteiger charge is -2.10. The number of hydrogen-bond donors (Lipinski definition) is 1. The van der Waals surface area contributed by atoms with E-state index in [1.165, 1.54) is 50.5 Å². The standard InChI is InChI=1S/C17H28OS/c1-2-16-12-8-9-13-17(16)18-14-10-6-4-3-5-7-11-15-19/h8-9,12-13,19H,2-7,10-11,14-15H2,1H3. The molecular weight excluding hydrogens is 252 g/mol. The van der Waals surface area contributed by atoms with Gasteiger partial charge in [0, 0.05) is 0 Å². The summed E-state index contributed by atoms with van der Waals surface area (Å²) in [5, 5.41) is 0. The number of rotatable bonds is 11. The molecule has 0 saturated heterocycles. The molecule has 0 amide bonds. The molecule has 0 aliphatic rings. The normalized spacial score (nSPS) is 10.6. The van der Waals surface area contributed by atoms with Gasteiger partial charge < -0.3 is 4.74 Å². The molecule has 1 nitrogen and oxygen atoms in total. The molecule has 0 aromatic heterocycles. The maximum absolute atomic E-state index is 5.86. The van der Waals surface area contributed by atoms with Crippen molar-refractivity contribution in [2.45, 2.75) is 58.3 Å². The summed E-state index contributed by atoms with van der Waals surface area (Å²) in [5.74, 6) is 2.10. The average Bonchev–Trinajstić information content (AvgIpc) is 2.46. The molecule has 0 saturated carbocycles. The van der Waals surface area contributed by atoms with E-state index in [-0.39, 0.29) is 0 Å². The second kappa shape index (κ2) is 11.2. The van der Waals surface area contributed by atoms with Crippen LogP contribution >= 0.6 is 12.6 Å². The fourth-order valence-electron chi connectivity index (χ4n) is 2.22. The van der Waals surface area contributed by atoms with Gasteiger partial charge in [0.2, 0.25) is 0 Å². The highest BCUT2D eigenvalue weighted by Crippen LogP contribution is 2.18. The van der Waals surface area contributed by atoms with Crippen LogP contribution in [-0.2, 0) is 6.42 Å². The number of unbranched alkanes of at least 4 members (excludes halogenated alkanes) is 6. The van der Waals surface area contributed by atoms with Crippen LogP contribution < -0.4 is 4.74 Å². The van der Waals surface area contributed by atoms with Crippen LogP contribution in [0.3, 0.4) is 0 Å². The van der Waals surface area contributed by atoms with Crippen molar-refractivity contribution in [3.05, 3.63) is 29.8 Å². The molecule has 0 bridgehead atoms. The van der Waals surface area contributed by atoms with Gasteiger partial charge in [-0.05, 0) is 36.6 Å². The molecule has 0 unspecified atom stereocenters. The quantitative estimate of drug-likeness (QED) is 0.428. The van der Waals surface area contributed by atoms with Crippen molar-refractivity contribution in [3.63, 3.8) is 0 Å². The molecule has 19 heavy (non-hydrogen) atoms. The summed E-state index contributed by atoms with van der Waals surface area (Å²) >= 11 is 4.23. The Kier molecular flexibility index (Phi) is 9.70. The first-order valence-electron chi connectivity index (χ1n) is 7.70. The lowest BCUT2D eigenvalue weighted by Crippen LogP contribution is -1.99. The lowest BCUT2D eigenvalue weighted by atomic mass is 10.1. The molecule has 1 aromatic carbocycles. The molecule has 0 atom stereocenters. The van der Waals surface area contributed by atoms with Gasteiger partial charge in [-0.1, -0.05) is 57.2 Å². The van der Waals surface area contributed by atoms with Crippen molar-refractivity contribution in [1.82, 2.24) is 0 Å². The topological polar surface area (TPSA) is 9.23 Å². The van der Waals surface area contributed by atoms with Crippen LogP contribution in [0.4, 0.5) is 0 Å². The lowest BCUT2D eigenvalue weighted by molar-refractivity contribution is 0.301. The van der Waals surface area contributed by atoms with Gasteiger partial charge in [-0.2, -0.15) is 12.6 Å². The molecule has 1 aromatic rings. The minimum atomic E-state index is 0.855. The molecule has 108 valence electrons. The Morgan fingerprint density at radius 1 is 0.895 bits per heavy atom. The van der Waals surface area contributed by atoms with E-state index in [1.807, 2.05) is 0 Å². The van der Waals surface area contributed by atoms with E-state index in [4.69, 9.17) is 4.74 Å². The zero-order chi connectivity index (χ0) is 13.8. The average molecular weight is 280 g/mol. The van der Waals surface area contributed by atoms with Crippen molar-refractivity contribution < 1.29 is 4.74 Å². The summed E-state index contributed by atoms with van der Waals surface area (Å²) in [7, 11) is 0. The predicted molar refractivity (Wildman–Crippen MR) is 87.5 cm³/mol. The fraction of sp³-hybridized carbons (Fsp3) is 0.647. The largest absolute Gasteiger partial charge is 0.493 e. The van der Waals surface area contributed by atoms with Crippen molar-refractivity contribution in [1.29, 1.82) is 0 Å². The minimum absolute atomic E-state index is 0.855.